The van der Waals surface area contributed by atoms with Crippen LogP contribution in [0.2, 0.25) is 0 Å². The first-order valence-electron chi connectivity index (χ1n) is 11.3. The maximum Gasteiger partial charge on any atom is 0.412 e. The van der Waals surface area contributed by atoms with Crippen LogP contribution in [-0.2, 0) is 14.3 Å². The van der Waals surface area contributed by atoms with E-state index in [-0.39, 0.29) is 18.5 Å². The molecule has 0 saturated carbocycles. The highest BCUT2D eigenvalue weighted by molar-refractivity contribution is 7.33. The van der Waals surface area contributed by atoms with Crippen LogP contribution in [0.15, 0.2) is 51.0 Å². The molecule has 37 heavy (non-hydrogen) atoms. The Morgan fingerprint density at radius 3 is 2.57 bits per heavy atom. The quantitative estimate of drug-likeness (QED) is 0.220. The SMILES string of the molecule is CC(C)OC(=O)[C@H](C)N/N=[P+](\[O-])Oc1ccc(OC[C@H]2O[C@@H](n3ccc(=O)[nH]c3=O)[C@](C)(F)[C@@H]2O)cc1. The second-order valence-electron chi connectivity index (χ2n) is 8.69. The second kappa shape index (κ2) is 11.9. The normalized spacial score (nSPS) is 24.6. The molecule has 1 saturated heterocycles. The summed E-state index contributed by atoms with van der Waals surface area (Å²) >= 11 is 0. The lowest BCUT2D eigenvalue weighted by Crippen LogP contribution is -2.43. The van der Waals surface area contributed by atoms with Crippen LogP contribution < -0.4 is 30.8 Å². The van der Waals surface area contributed by atoms with Gasteiger partial charge >= 0.3 is 19.8 Å². The first kappa shape index (κ1) is 28.4. The van der Waals surface area contributed by atoms with Crippen LogP contribution in [0.25, 0.3) is 0 Å². The first-order valence-corrected chi connectivity index (χ1v) is 12.4. The van der Waals surface area contributed by atoms with E-state index < -0.39 is 55.5 Å². The van der Waals surface area contributed by atoms with E-state index in [1.54, 1.807) is 13.8 Å². The topological polar surface area (TPSA) is 177 Å². The molecule has 202 valence electrons. The van der Waals surface area contributed by atoms with Crippen molar-refractivity contribution in [1.82, 2.24) is 15.0 Å². The van der Waals surface area contributed by atoms with Crippen molar-refractivity contribution in [1.29, 1.82) is 0 Å². The number of rotatable bonds is 10. The standard InChI is InChI=1S/C22H28FN4O9P/c1-12(2)34-19(30)13(3)25-26-37(32)36-15-7-5-14(6-8-15)33-11-16-18(29)22(4,23)20(35-16)27-10-9-17(28)24-21(27)31/h5-10,12-13,16,18,20,25,29H,11H2,1-4H3,(H,24,28,31)/t13-,16+,18+,20+,22+/m0/s1. The minimum Gasteiger partial charge on any atom is -0.574 e. The molecule has 1 fully saturated rings. The number of alkyl halides is 1. The number of benzene rings is 1. The Morgan fingerprint density at radius 1 is 1.30 bits per heavy atom. The van der Waals surface area contributed by atoms with E-state index in [1.165, 1.54) is 31.2 Å². The number of esters is 1. The number of ether oxygens (including phenoxy) is 3. The number of aliphatic hydroxyl groups excluding tert-OH is 1. The fourth-order valence-corrected chi connectivity index (χ4v) is 3.98. The molecule has 1 unspecified atom stereocenters. The molecule has 2 heterocycles. The average Bonchev–Trinajstić information content (AvgIpc) is 3.05. The molecule has 0 amide bonds. The van der Waals surface area contributed by atoms with Crippen LogP contribution in [0.4, 0.5) is 4.39 Å². The molecular weight excluding hydrogens is 514 g/mol. The van der Waals surface area contributed by atoms with Crippen LogP contribution in [0.5, 0.6) is 11.5 Å². The number of nitrogens with one attached hydrogen (secondary N) is 2. The van der Waals surface area contributed by atoms with Crippen molar-refractivity contribution in [2.45, 2.75) is 63.9 Å². The summed E-state index contributed by atoms with van der Waals surface area (Å²) in [6, 6.07) is 6.08. The summed E-state index contributed by atoms with van der Waals surface area (Å²) in [6.45, 7) is 5.73. The molecule has 3 rings (SSSR count). The molecule has 0 aliphatic carbocycles. The van der Waals surface area contributed by atoms with Gasteiger partial charge in [0, 0.05) is 17.1 Å². The third-order valence-electron chi connectivity index (χ3n) is 5.28. The van der Waals surface area contributed by atoms with E-state index in [2.05, 4.69) is 10.3 Å². The maximum absolute atomic E-state index is 15.2. The summed E-state index contributed by atoms with van der Waals surface area (Å²) in [7, 11) is -2.54. The van der Waals surface area contributed by atoms with Gasteiger partial charge in [0.05, 0.1) is 6.10 Å². The molecule has 1 aliphatic rings. The molecule has 2 aromatic rings. The van der Waals surface area contributed by atoms with Crippen molar-refractivity contribution in [3.8, 4) is 11.5 Å². The van der Waals surface area contributed by atoms with Crippen LogP contribution in [0.3, 0.4) is 0 Å². The Kier molecular flexibility index (Phi) is 9.16. The van der Waals surface area contributed by atoms with E-state index in [0.717, 1.165) is 23.8 Å². The molecule has 1 aliphatic heterocycles. The fourth-order valence-electron chi connectivity index (χ4n) is 3.37. The number of carbonyl (C=O) groups is 1. The monoisotopic (exact) mass is 542 g/mol. The van der Waals surface area contributed by atoms with Gasteiger partial charge in [0.15, 0.2) is 17.6 Å². The zero-order valence-corrected chi connectivity index (χ0v) is 21.4. The molecule has 0 spiro atoms. The highest BCUT2D eigenvalue weighted by Gasteiger charge is 2.55. The summed E-state index contributed by atoms with van der Waals surface area (Å²) in [5.74, 6) is -0.0451. The molecule has 15 heteroatoms. The number of aromatic nitrogens is 2. The van der Waals surface area contributed by atoms with E-state index in [4.69, 9.17) is 18.7 Å². The predicted molar refractivity (Wildman–Crippen MR) is 126 cm³/mol. The molecule has 6 atom stereocenters. The van der Waals surface area contributed by atoms with Crippen molar-refractivity contribution in [3.63, 3.8) is 0 Å². The van der Waals surface area contributed by atoms with Crippen molar-refractivity contribution in [2.75, 3.05) is 6.61 Å². The Hall–Kier alpha value is -3.16. The van der Waals surface area contributed by atoms with Gasteiger partial charge in [-0.3, -0.25) is 23.7 Å². The van der Waals surface area contributed by atoms with E-state index in [9.17, 15) is 24.4 Å². The molecule has 1 aromatic carbocycles. The largest absolute Gasteiger partial charge is 0.574 e. The van der Waals surface area contributed by atoms with Gasteiger partial charge in [-0.2, -0.15) is 5.43 Å². The lowest BCUT2D eigenvalue weighted by atomic mass is 9.98. The lowest BCUT2D eigenvalue weighted by molar-refractivity contribution is -0.169. The molecular formula is C22H28FN4O9P. The summed E-state index contributed by atoms with van der Waals surface area (Å²) < 4.78 is 37.4. The number of aliphatic hydroxyl groups is 1. The van der Waals surface area contributed by atoms with Gasteiger partial charge in [0.25, 0.3) is 5.56 Å². The molecule has 13 nitrogen and oxygen atoms in total. The summed E-state index contributed by atoms with van der Waals surface area (Å²) in [5.41, 5.74) is -1.46. The summed E-state index contributed by atoms with van der Waals surface area (Å²) in [6.07, 6.45) is -3.45. The smallest absolute Gasteiger partial charge is 0.412 e. The number of H-pyrrole nitrogens is 1. The highest BCUT2D eigenvalue weighted by Crippen LogP contribution is 2.40. The van der Waals surface area contributed by atoms with Crippen LogP contribution in [-0.4, -0.2) is 57.3 Å². The Morgan fingerprint density at radius 2 is 1.95 bits per heavy atom. The number of nitrogens with zero attached hydrogens (tertiary/aromatic N) is 2. The van der Waals surface area contributed by atoms with Gasteiger partial charge in [-0.15, -0.1) is 0 Å². The Balaban J connectivity index is 1.55. The zero-order chi connectivity index (χ0) is 27.3. The van der Waals surface area contributed by atoms with E-state index >= 15 is 4.39 Å². The zero-order valence-electron chi connectivity index (χ0n) is 20.5. The van der Waals surface area contributed by atoms with E-state index in [0.29, 0.717) is 5.75 Å². The van der Waals surface area contributed by atoms with Gasteiger partial charge in [-0.05, 0) is 52.0 Å². The predicted octanol–water partition coefficient (Wildman–Crippen LogP) is 0.681. The number of hydrogen-bond donors (Lipinski definition) is 3. The number of halogens is 1. The van der Waals surface area contributed by atoms with Crippen molar-refractivity contribution in [2.24, 2.45) is 4.85 Å². The first-order chi connectivity index (χ1) is 17.4. The van der Waals surface area contributed by atoms with Crippen molar-refractivity contribution < 1.29 is 37.9 Å². The van der Waals surface area contributed by atoms with Crippen LogP contribution >= 0.6 is 8.17 Å². The van der Waals surface area contributed by atoms with Crippen LogP contribution in [0, 0.1) is 0 Å². The van der Waals surface area contributed by atoms with Gasteiger partial charge in [0.2, 0.25) is 0 Å². The summed E-state index contributed by atoms with van der Waals surface area (Å²) in [4.78, 5) is 52.7. The van der Waals surface area contributed by atoms with Gasteiger partial charge in [0.1, 0.15) is 30.6 Å². The maximum atomic E-state index is 15.2. The van der Waals surface area contributed by atoms with Gasteiger partial charge < -0.3 is 24.2 Å². The number of aromatic amines is 1. The minimum absolute atomic E-state index is 0.197. The minimum atomic E-state index is -2.54. The molecule has 0 bridgehead atoms. The second-order valence-corrected chi connectivity index (χ2v) is 9.55. The van der Waals surface area contributed by atoms with Crippen molar-refractivity contribution in [3.05, 3.63) is 57.4 Å². The lowest BCUT2D eigenvalue weighted by Gasteiger charge is -2.24. The van der Waals surface area contributed by atoms with Gasteiger partial charge in [-0.1, -0.05) is 0 Å². The number of hydrogen-bond acceptors (Lipinski definition) is 10. The Bertz CT molecular complexity index is 1230. The fraction of sp³-hybridized carbons (Fsp3) is 0.500. The highest BCUT2D eigenvalue weighted by atomic mass is 31.1. The van der Waals surface area contributed by atoms with Gasteiger partial charge in [-0.25, -0.2) is 9.18 Å². The third-order valence-corrected chi connectivity index (χ3v) is 5.93. The molecule has 1 aromatic heterocycles. The Labute approximate surface area is 211 Å². The molecule has 3 N–H and O–H groups in total. The summed E-state index contributed by atoms with van der Waals surface area (Å²) in [5, 5.41) is 10.4. The third kappa shape index (κ3) is 7.21. The average molecular weight is 542 g/mol. The van der Waals surface area contributed by atoms with Crippen molar-refractivity contribution >= 4 is 14.1 Å². The number of carbonyl (C=O) groups excluding carboxylic acids is 1. The van der Waals surface area contributed by atoms with Crippen LogP contribution in [0.1, 0.15) is 33.9 Å². The molecule has 0 radical (unpaired) electrons. The van der Waals surface area contributed by atoms with E-state index in [1.807, 2.05) is 4.98 Å².